The second-order valence-electron chi connectivity index (χ2n) is 3.27. The Bertz CT molecular complexity index is 327. The largest absolute Gasteiger partial charge is 0.384 e. The summed E-state index contributed by atoms with van der Waals surface area (Å²) in [5.74, 6) is 0. The predicted octanol–water partition coefficient (Wildman–Crippen LogP) is 2.27. The molecule has 0 atom stereocenters. The first-order chi connectivity index (χ1) is 6.74. The summed E-state index contributed by atoms with van der Waals surface area (Å²) in [6.07, 6.45) is 0.868. The van der Waals surface area contributed by atoms with Gasteiger partial charge in [0.05, 0.1) is 0 Å². The molecule has 74 valence electrons. The smallest absolute Gasteiger partial charge is 0.147 e. The van der Waals surface area contributed by atoms with E-state index in [4.69, 9.17) is 0 Å². The van der Waals surface area contributed by atoms with Gasteiger partial charge in [0, 0.05) is 17.8 Å². The summed E-state index contributed by atoms with van der Waals surface area (Å²) in [6, 6.07) is 10.1. The molecule has 0 amide bonds. The lowest BCUT2D eigenvalue weighted by Gasteiger charge is -2.07. The fourth-order valence-corrected chi connectivity index (χ4v) is 1.06. The number of benzene rings is 1. The SMILES string of the molecule is C/C(C=O)=C(/C)NCc1ccccc1. The molecule has 1 rings (SSSR count). The molecule has 1 N–H and O–H groups in total. The number of aldehydes is 1. The molecule has 0 aliphatic heterocycles. The van der Waals surface area contributed by atoms with E-state index in [1.165, 1.54) is 5.56 Å². The molecule has 0 bridgehead atoms. The summed E-state index contributed by atoms with van der Waals surface area (Å²) >= 11 is 0. The fourth-order valence-electron chi connectivity index (χ4n) is 1.06. The second kappa shape index (κ2) is 5.22. The molecule has 0 saturated carbocycles. The number of carbonyl (C=O) groups is 1. The molecule has 0 spiro atoms. The van der Waals surface area contributed by atoms with E-state index in [-0.39, 0.29) is 0 Å². The molecule has 0 aliphatic rings. The maximum atomic E-state index is 10.5. The summed E-state index contributed by atoms with van der Waals surface area (Å²) in [4.78, 5) is 10.5. The Kier molecular flexibility index (Phi) is 3.92. The lowest BCUT2D eigenvalue weighted by atomic mass is 10.2. The summed E-state index contributed by atoms with van der Waals surface area (Å²) in [5, 5.41) is 3.20. The van der Waals surface area contributed by atoms with Crippen molar-refractivity contribution in [1.82, 2.24) is 5.32 Å². The van der Waals surface area contributed by atoms with Gasteiger partial charge >= 0.3 is 0 Å². The molecule has 0 unspecified atom stereocenters. The van der Waals surface area contributed by atoms with Crippen LogP contribution in [0.4, 0.5) is 0 Å². The number of nitrogens with one attached hydrogen (secondary N) is 1. The van der Waals surface area contributed by atoms with Crippen LogP contribution in [-0.4, -0.2) is 6.29 Å². The molecule has 0 aliphatic carbocycles. The average molecular weight is 189 g/mol. The number of hydrogen-bond donors (Lipinski definition) is 1. The van der Waals surface area contributed by atoms with Crippen LogP contribution in [0.5, 0.6) is 0 Å². The van der Waals surface area contributed by atoms with E-state index in [1.807, 2.05) is 25.1 Å². The van der Waals surface area contributed by atoms with Gasteiger partial charge in [-0.25, -0.2) is 0 Å². The van der Waals surface area contributed by atoms with E-state index >= 15 is 0 Å². The van der Waals surface area contributed by atoms with Crippen LogP contribution in [0.1, 0.15) is 19.4 Å². The number of carbonyl (C=O) groups excluding carboxylic acids is 1. The van der Waals surface area contributed by atoms with Crippen LogP contribution in [0, 0.1) is 0 Å². The van der Waals surface area contributed by atoms with Gasteiger partial charge in [-0.05, 0) is 19.4 Å². The molecule has 1 aromatic rings. The van der Waals surface area contributed by atoms with Gasteiger partial charge in [0.15, 0.2) is 0 Å². The first kappa shape index (κ1) is 10.5. The van der Waals surface area contributed by atoms with Gasteiger partial charge < -0.3 is 5.32 Å². The highest BCUT2D eigenvalue weighted by molar-refractivity contribution is 5.73. The molecular formula is C12H15NO. The summed E-state index contributed by atoms with van der Waals surface area (Å²) in [6.45, 7) is 4.48. The second-order valence-corrected chi connectivity index (χ2v) is 3.27. The fraction of sp³-hybridized carbons (Fsp3) is 0.250. The van der Waals surface area contributed by atoms with Crippen molar-refractivity contribution in [3.63, 3.8) is 0 Å². The number of allylic oxidation sites excluding steroid dienone is 2. The molecule has 0 aromatic heterocycles. The lowest BCUT2D eigenvalue weighted by molar-refractivity contribution is -0.104. The quantitative estimate of drug-likeness (QED) is 0.581. The van der Waals surface area contributed by atoms with Gasteiger partial charge in [-0.1, -0.05) is 30.3 Å². The molecule has 14 heavy (non-hydrogen) atoms. The van der Waals surface area contributed by atoms with Crippen LogP contribution in [0.25, 0.3) is 0 Å². The van der Waals surface area contributed by atoms with Crippen molar-refractivity contribution in [1.29, 1.82) is 0 Å². The van der Waals surface area contributed by atoms with Crippen LogP contribution in [-0.2, 0) is 11.3 Å². The normalized spacial score (nSPS) is 11.9. The zero-order valence-corrected chi connectivity index (χ0v) is 8.58. The van der Waals surface area contributed by atoms with Gasteiger partial charge in [0.1, 0.15) is 6.29 Å². The van der Waals surface area contributed by atoms with Crippen LogP contribution >= 0.6 is 0 Å². The minimum Gasteiger partial charge on any atom is -0.384 e. The Balaban J connectivity index is 2.54. The molecule has 0 fully saturated rings. The van der Waals surface area contributed by atoms with Crippen molar-refractivity contribution in [3.05, 3.63) is 47.2 Å². The minimum absolute atomic E-state index is 0.751. The number of rotatable bonds is 4. The topological polar surface area (TPSA) is 29.1 Å². The van der Waals surface area contributed by atoms with Crippen LogP contribution in [0.2, 0.25) is 0 Å². The summed E-state index contributed by atoms with van der Waals surface area (Å²) in [7, 11) is 0. The monoisotopic (exact) mass is 189 g/mol. The minimum atomic E-state index is 0.751. The highest BCUT2D eigenvalue weighted by atomic mass is 16.1. The molecule has 1 aromatic carbocycles. The Morgan fingerprint density at radius 1 is 1.29 bits per heavy atom. The highest BCUT2D eigenvalue weighted by Crippen LogP contribution is 2.01. The Morgan fingerprint density at radius 3 is 2.50 bits per heavy atom. The molecule has 0 heterocycles. The van der Waals surface area contributed by atoms with E-state index in [9.17, 15) is 4.79 Å². The van der Waals surface area contributed by atoms with E-state index in [0.29, 0.717) is 0 Å². The van der Waals surface area contributed by atoms with Crippen molar-refractivity contribution in [3.8, 4) is 0 Å². The van der Waals surface area contributed by atoms with Crippen molar-refractivity contribution >= 4 is 6.29 Å². The lowest BCUT2D eigenvalue weighted by Crippen LogP contribution is -2.12. The van der Waals surface area contributed by atoms with Gasteiger partial charge in [-0.2, -0.15) is 0 Å². The zero-order valence-electron chi connectivity index (χ0n) is 8.58. The Labute approximate surface area is 84.6 Å². The molecule has 2 nitrogen and oxygen atoms in total. The summed E-state index contributed by atoms with van der Waals surface area (Å²) in [5.41, 5.74) is 2.90. The van der Waals surface area contributed by atoms with Crippen molar-refractivity contribution in [2.45, 2.75) is 20.4 Å². The van der Waals surface area contributed by atoms with Crippen molar-refractivity contribution < 1.29 is 4.79 Å². The highest BCUT2D eigenvalue weighted by Gasteiger charge is 1.95. The Morgan fingerprint density at radius 2 is 1.93 bits per heavy atom. The zero-order chi connectivity index (χ0) is 10.4. The van der Waals surface area contributed by atoms with Crippen molar-refractivity contribution in [2.24, 2.45) is 0 Å². The molecule has 0 radical (unpaired) electrons. The van der Waals surface area contributed by atoms with Crippen molar-refractivity contribution in [2.75, 3.05) is 0 Å². The van der Waals surface area contributed by atoms with Crippen LogP contribution in [0.3, 0.4) is 0 Å². The van der Waals surface area contributed by atoms with E-state index in [1.54, 1.807) is 6.92 Å². The average Bonchev–Trinajstić information content (AvgIpc) is 2.26. The predicted molar refractivity (Wildman–Crippen MR) is 57.7 cm³/mol. The van der Waals surface area contributed by atoms with Crippen LogP contribution in [0.15, 0.2) is 41.6 Å². The third kappa shape index (κ3) is 3.05. The Hall–Kier alpha value is -1.57. The third-order valence-corrected chi connectivity index (χ3v) is 2.17. The summed E-state index contributed by atoms with van der Waals surface area (Å²) < 4.78 is 0. The third-order valence-electron chi connectivity index (χ3n) is 2.17. The number of hydrogen-bond acceptors (Lipinski definition) is 2. The maximum Gasteiger partial charge on any atom is 0.147 e. The molecule has 0 saturated heterocycles. The van der Waals surface area contributed by atoms with E-state index < -0.39 is 0 Å². The van der Waals surface area contributed by atoms with Gasteiger partial charge in [0.2, 0.25) is 0 Å². The first-order valence-electron chi connectivity index (χ1n) is 4.64. The molecular weight excluding hydrogens is 174 g/mol. The van der Waals surface area contributed by atoms with E-state index in [2.05, 4.69) is 17.4 Å². The van der Waals surface area contributed by atoms with Gasteiger partial charge in [0.25, 0.3) is 0 Å². The van der Waals surface area contributed by atoms with Gasteiger partial charge in [-0.3, -0.25) is 4.79 Å². The maximum absolute atomic E-state index is 10.5. The molecule has 2 heteroatoms. The standard InChI is InChI=1S/C12H15NO/c1-10(9-14)11(2)13-8-12-6-4-3-5-7-12/h3-7,9,13H,8H2,1-2H3/b11-10+. The van der Waals surface area contributed by atoms with Gasteiger partial charge in [-0.15, -0.1) is 0 Å². The van der Waals surface area contributed by atoms with Crippen LogP contribution < -0.4 is 5.32 Å². The first-order valence-corrected chi connectivity index (χ1v) is 4.64. The van der Waals surface area contributed by atoms with E-state index in [0.717, 1.165) is 24.1 Å².